The molecular weight excluding hydrogens is 268 g/mol. The molecule has 1 aliphatic carbocycles. The summed E-state index contributed by atoms with van der Waals surface area (Å²) in [6.45, 7) is 2.76. The zero-order valence-electron chi connectivity index (χ0n) is 12.3. The SMILES string of the molecule is CC(CN)CCC(=O)NC(c1cccs1)C1CCCC1. The Bertz CT molecular complexity index is 399. The van der Waals surface area contributed by atoms with E-state index in [1.807, 2.05) is 0 Å². The number of amides is 1. The summed E-state index contributed by atoms with van der Waals surface area (Å²) in [7, 11) is 0. The Kier molecular flexibility index (Phi) is 6.05. The van der Waals surface area contributed by atoms with Crippen molar-refractivity contribution in [1.29, 1.82) is 0 Å². The van der Waals surface area contributed by atoms with Crippen LogP contribution in [0.4, 0.5) is 0 Å². The molecule has 2 unspecified atom stereocenters. The Balaban J connectivity index is 1.92. The van der Waals surface area contributed by atoms with Gasteiger partial charge >= 0.3 is 0 Å². The van der Waals surface area contributed by atoms with Crippen LogP contribution in [-0.4, -0.2) is 12.5 Å². The second-order valence-electron chi connectivity index (χ2n) is 5.98. The first-order valence-electron chi connectivity index (χ1n) is 7.73. The molecule has 4 heteroatoms. The fourth-order valence-corrected chi connectivity index (χ4v) is 3.79. The second kappa shape index (κ2) is 7.79. The van der Waals surface area contributed by atoms with E-state index in [9.17, 15) is 4.79 Å². The lowest BCUT2D eigenvalue weighted by atomic mass is 9.96. The number of rotatable bonds is 7. The van der Waals surface area contributed by atoms with Gasteiger partial charge in [-0.05, 0) is 49.1 Å². The van der Waals surface area contributed by atoms with Gasteiger partial charge in [0.15, 0.2) is 0 Å². The predicted octanol–water partition coefficient (Wildman–Crippen LogP) is 3.47. The van der Waals surface area contributed by atoms with E-state index >= 15 is 0 Å². The Morgan fingerprint density at radius 3 is 2.85 bits per heavy atom. The molecule has 0 radical (unpaired) electrons. The average molecular weight is 294 g/mol. The van der Waals surface area contributed by atoms with Crippen LogP contribution < -0.4 is 11.1 Å². The van der Waals surface area contributed by atoms with E-state index in [4.69, 9.17) is 5.73 Å². The van der Waals surface area contributed by atoms with Gasteiger partial charge in [0.05, 0.1) is 6.04 Å². The van der Waals surface area contributed by atoms with Gasteiger partial charge in [-0.1, -0.05) is 25.8 Å². The minimum absolute atomic E-state index is 0.176. The molecule has 1 aromatic rings. The molecule has 2 atom stereocenters. The van der Waals surface area contributed by atoms with Gasteiger partial charge < -0.3 is 11.1 Å². The number of hydrogen-bond donors (Lipinski definition) is 2. The van der Waals surface area contributed by atoms with Gasteiger partial charge in [-0.2, -0.15) is 0 Å². The van der Waals surface area contributed by atoms with Crippen LogP contribution in [0, 0.1) is 11.8 Å². The van der Waals surface area contributed by atoms with Crippen molar-refractivity contribution in [2.24, 2.45) is 17.6 Å². The molecule has 0 spiro atoms. The molecule has 0 bridgehead atoms. The van der Waals surface area contributed by atoms with Crippen LogP contribution in [0.25, 0.3) is 0 Å². The fourth-order valence-electron chi connectivity index (χ4n) is 2.92. The van der Waals surface area contributed by atoms with E-state index in [2.05, 4.69) is 29.8 Å². The second-order valence-corrected chi connectivity index (χ2v) is 6.96. The molecule has 3 N–H and O–H groups in total. The topological polar surface area (TPSA) is 55.1 Å². The van der Waals surface area contributed by atoms with Crippen LogP contribution >= 0.6 is 11.3 Å². The van der Waals surface area contributed by atoms with Crippen molar-refractivity contribution in [3.63, 3.8) is 0 Å². The van der Waals surface area contributed by atoms with Crippen molar-refractivity contribution in [3.05, 3.63) is 22.4 Å². The summed E-state index contributed by atoms with van der Waals surface area (Å²) in [4.78, 5) is 13.5. The first-order valence-corrected chi connectivity index (χ1v) is 8.61. The molecular formula is C16H26N2OS. The zero-order valence-corrected chi connectivity index (χ0v) is 13.1. The van der Waals surface area contributed by atoms with E-state index in [0.717, 1.165) is 6.42 Å². The predicted molar refractivity (Wildman–Crippen MR) is 84.6 cm³/mol. The first-order chi connectivity index (χ1) is 9.70. The van der Waals surface area contributed by atoms with Gasteiger partial charge in [-0.3, -0.25) is 4.79 Å². The highest BCUT2D eigenvalue weighted by Crippen LogP contribution is 2.37. The number of nitrogens with one attached hydrogen (secondary N) is 1. The smallest absolute Gasteiger partial charge is 0.220 e. The lowest BCUT2D eigenvalue weighted by Crippen LogP contribution is -2.32. The van der Waals surface area contributed by atoms with Gasteiger partial charge in [0.1, 0.15) is 0 Å². The Morgan fingerprint density at radius 2 is 2.25 bits per heavy atom. The largest absolute Gasteiger partial charge is 0.348 e. The lowest BCUT2D eigenvalue weighted by Gasteiger charge is -2.24. The molecule has 1 amide bonds. The van der Waals surface area contributed by atoms with Crippen LogP contribution in [0.5, 0.6) is 0 Å². The van der Waals surface area contributed by atoms with E-state index in [1.54, 1.807) is 11.3 Å². The van der Waals surface area contributed by atoms with Crippen molar-refractivity contribution in [3.8, 4) is 0 Å². The maximum Gasteiger partial charge on any atom is 0.220 e. The van der Waals surface area contributed by atoms with Crippen LogP contribution in [-0.2, 0) is 4.79 Å². The molecule has 1 fully saturated rings. The van der Waals surface area contributed by atoms with Crippen LogP contribution in [0.1, 0.15) is 56.4 Å². The summed E-state index contributed by atoms with van der Waals surface area (Å²) < 4.78 is 0. The van der Waals surface area contributed by atoms with E-state index < -0.39 is 0 Å². The van der Waals surface area contributed by atoms with Crippen molar-refractivity contribution < 1.29 is 4.79 Å². The minimum Gasteiger partial charge on any atom is -0.348 e. The van der Waals surface area contributed by atoms with Crippen molar-refractivity contribution in [1.82, 2.24) is 5.32 Å². The average Bonchev–Trinajstić information content (AvgIpc) is 3.14. The van der Waals surface area contributed by atoms with Gasteiger partial charge in [0, 0.05) is 11.3 Å². The van der Waals surface area contributed by atoms with Gasteiger partial charge in [-0.25, -0.2) is 0 Å². The number of hydrogen-bond acceptors (Lipinski definition) is 3. The maximum atomic E-state index is 12.2. The summed E-state index contributed by atoms with van der Waals surface area (Å²) >= 11 is 1.75. The lowest BCUT2D eigenvalue weighted by molar-refractivity contribution is -0.122. The van der Waals surface area contributed by atoms with Gasteiger partial charge in [-0.15, -0.1) is 11.3 Å². The zero-order chi connectivity index (χ0) is 14.4. The highest BCUT2D eigenvalue weighted by molar-refractivity contribution is 7.10. The monoisotopic (exact) mass is 294 g/mol. The van der Waals surface area contributed by atoms with Gasteiger partial charge in [0.25, 0.3) is 0 Å². The number of carbonyl (C=O) groups is 1. The Morgan fingerprint density at radius 1 is 1.50 bits per heavy atom. The minimum atomic E-state index is 0.176. The highest BCUT2D eigenvalue weighted by Gasteiger charge is 2.28. The molecule has 0 aromatic carbocycles. The third-order valence-corrected chi connectivity index (χ3v) is 5.26. The van der Waals surface area contributed by atoms with Crippen molar-refractivity contribution >= 4 is 17.2 Å². The summed E-state index contributed by atoms with van der Waals surface area (Å²) in [5.74, 6) is 1.22. The molecule has 0 saturated heterocycles. The van der Waals surface area contributed by atoms with Crippen LogP contribution in [0.3, 0.4) is 0 Å². The highest BCUT2D eigenvalue weighted by atomic mass is 32.1. The van der Waals surface area contributed by atoms with Crippen LogP contribution in [0.2, 0.25) is 0 Å². The Labute approximate surface area is 125 Å². The third-order valence-electron chi connectivity index (χ3n) is 4.30. The number of carbonyl (C=O) groups excluding carboxylic acids is 1. The van der Waals surface area contributed by atoms with E-state index in [-0.39, 0.29) is 11.9 Å². The quantitative estimate of drug-likeness (QED) is 0.809. The normalized spacial score (nSPS) is 18.9. The van der Waals surface area contributed by atoms with Crippen molar-refractivity contribution in [2.75, 3.05) is 6.54 Å². The fraction of sp³-hybridized carbons (Fsp3) is 0.688. The summed E-state index contributed by atoms with van der Waals surface area (Å²) in [5, 5.41) is 5.37. The summed E-state index contributed by atoms with van der Waals surface area (Å²) in [5.41, 5.74) is 5.61. The molecule has 112 valence electrons. The summed E-state index contributed by atoms with van der Waals surface area (Å²) in [6.07, 6.45) is 6.54. The maximum absolute atomic E-state index is 12.2. The molecule has 20 heavy (non-hydrogen) atoms. The van der Waals surface area contributed by atoms with Gasteiger partial charge in [0.2, 0.25) is 5.91 Å². The van der Waals surface area contributed by atoms with E-state index in [1.165, 1.54) is 30.6 Å². The van der Waals surface area contributed by atoms with E-state index in [0.29, 0.717) is 24.8 Å². The molecule has 1 saturated carbocycles. The number of nitrogens with two attached hydrogens (primary N) is 1. The molecule has 1 aromatic heterocycles. The standard InChI is InChI=1S/C16H26N2OS/c1-12(11-17)8-9-15(19)18-16(13-5-2-3-6-13)14-7-4-10-20-14/h4,7,10,12-13,16H,2-3,5-6,8-9,11,17H2,1H3,(H,18,19). The molecule has 3 nitrogen and oxygen atoms in total. The molecule has 2 rings (SSSR count). The molecule has 0 aliphatic heterocycles. The first kappa shape index (κ1) is 15.5. The van der Waals surface area contributed by atoms with Crippen LogP contribution in [0.15, 0.2) is 17.5 Å². The Hall–Kier alpha value is -0.870. The molecule has 1 heterocycles. The van der Waals surface area contributed by atoms with Crippen molar-refractivity contribution in [2.45, 2.75) is 51.5 Å². The number of thiophene rings is 1. The summed E-state index contributed by atoms with van der Waals surface area (Å²) in [6, 6.07) is 4.44. The molecule has 1 aliphatic rings. The third kappa shape index (κ3) is 4.32.